The van der Waals surface area contributed by atoms with Crippen LogP contribution in [-0.2, 0) is 16.2 Å². The van der Waals surface area contributed by atoms with Gasteiger partial charge in [0.25, 0.3) is 0 Å². The highest BCUT2D eigenvalue weighted by Crippen LogP contribution is 2.36. The molecule has 0 spiro atoms. The summed E-state index contributed by atoms with van der Waals surface area (Å²) in [4.78, 5) is 3.62. The van der Waals surface area contributed by atoms with Gasteiger partial charge in [-0.15, -0.1) is 0 Å². The highest BCUT2D eigenvalue weighted by molar-refractivity contribution is 7.89. The Morgan fingerprint density at radius 2 is 1.92 bits per heavy atom. The maximum atomic E-state index is 12.9. The largest absolute Gasteiger partial charge is 0.471 e. The molecular weight excluding hydrogens is 381 g/mol. The third-order valence-corrected chi connectivity index (χ3v) is 5.67. The normalized spacial score (nSPS) is 16.5. The maximum Gasteiger partial charge on any atom is 0.421 e. The molecule has 10 heteroatoms. The third kappa shape index (κ3) is 3.73. The van der Waals surface area contributed by atoms with Crippen LogP contribution in [-0.4, -0.2) is 36.9 Å². The number of sulfonamides is 1. The fourth-order valence-electron chi connectivity index (χ4n) is 2.31. The summed E-state index contributed by atoms with van der Waals surface area (Å²) >= 11 is 5.79. The number of hydrogen-bond acceptors (Lipinski definition) is 4. The molecule has 2 heterocycles. The summed E-state index contributed by atoms with van der Waals surface area (Å²) in [6, 6.07) is 7.78. The first-order valence-corrected chi connectivity index (χ1v) is 8.94. The van der Waals surface area contributed by atoms with Crippen LogP contribution in [0.15, 0.2) is 47.5 Å². The van der Waals surface area contributed by atoms with Gasteiger partial charge in [-0.3, -0.25) is 0 Å². The number of rotatable bonds is 4. The molecule has 0 bridgehead atoms. The Hall–Kier alpha value is -1.84. The molecule has 25 heavy (non-hydrogen) atoms. The second-order valence-corrected chi connectivity index (χ2v) is 7.75. The summed E-state index contributed by atoms with van der Waals surface area (Å²) in [7, 11) is -3.76. The summed E-state index contributed by atoms with van der Waals surface area (Å²) in [6.45, 7) is -0.133. The van der Waals surface area contributed by atoms with Gasteiger partial charge in [0, 0.05) is 11.2 Å². The fourth-order valence-corrected chi connectivity index (χ4v) is 4.11. The Morgan fingerprint density at radius 1 is 1.20 bits per heavy atom. The van der Waals surface area contributed by atoms with E-state index in [-0.39, 0.29) is 23.0 Å². The van der Waals surface area contributed by atoms with Crippen molar-refractivity contribution in [3.05, 3.63) is 53.2 Å². The lowest BCUT2D eigenvalue weighted by atomic mass is 10.2. The van der Waals surface area contributed by atoms with Crippen molar-refractivity contribution in [2.24, 2.45) is 0 Å². The second kappa shape index (κ2) is 6.47. The van der Waals surface area contributed by atoms with Gasteiger partial charge in [0.15, 0.2) is 0 Å². The Morgan fingerprint density at radius 3 is 2.56 bits per heavy atom. The van der Waals surface area contributed by atoms with E-state index in [1.807, 2.05) is 0 Å². The quantitative estimate of drug-likeness (QED) is 0.801. The van der Waals surface area contributed by atoms with Crippen molar-refractivity contribution in [1.29, 1.82) is 0 Å². The first-order chi connectivity index (χ1) is 11.7. The molecule has 0 amide bonds. The van der Waals surface area contributed by atoms with Gasteiger partial charge in [-0.1, -0.05) is 17.7 Å². The van der Waals surface area contributed by atoms with E-state index >= 15 is 0 Å². The lowest BCUT2D eigenvalue weighted by molar-refractivity contribution is -0.140. The van der Waals surface area contributed by atoms with Crippen LogP contribution < -0.4 is 4.74 Å². The summed E-state index contributed by atoms with van der Waals surface area (Å²) in [6.07, 6.45) is -4.12. The molecular formula is C15H12ClF3N2O3S. The molecule has 0 saturated carbocycles. The van der Waals surface area contributed by atoms with Crippen molar-refractivity contribution in [1.82, 2.24) is 9.29 Å². The predicted molar refractivity (Wildman–Crippen MR) is 83.9 cm³/mol. The van der Waals surface area contributed by atoms with Crippen molar-refractivity contribution in [2.45, 2.75) is 17.2 Å². The number of ether oxygens (including phenoxy) is 1. The molecule has 0 N–H and O–H groups in total. The fraction of sp³-hybridized carbons (Fsp3) is 0.267. The van der Waals surface area contributed by atoms with E-state index < -0.39 is 33.7 Å². The van der Waals surface area contributed by atoms with Gasteiger partial charge in [-0.25, -0.2) is 13.4 Å². The van der Waals surface area contributed by atoms with E-state index in [2.05, 4.69) is 4.98 Å². The number of halogens is 4. The number of hydrogen-bond donors (Lipinski definition) is 0. The maximum absolute atomic E-state index is 12.9. The smallest absolute Gasteiger partial charge is 0.421 e. The van der Waals surface area contributed by atoms with Crippen LogP contribution >= 0.6 is 11.6 Å². The highest BCUT2D eigenvalue weighted by Gasteiger charge is 2.41. The lowest BCUT2D eigenvalue weighted by Gasteiger charge is -2.37. The minimum atomic E-state index is -4.60. The molecule has 1 aromatic heterocycles. The van der Waals surface area contributed by atoms with E-state index in [0.29, 0.717) is 0 Å². The zero-order valence-corrected chi connectivity index (χ0v) is 14.1. The number of alkyl halides is 3. The molecule has 0 atom stereocenters. The lowest BCUT2D eigenvalue weighted by Crippen LogP contribution is -2.56. The van der Waals surface area contributed by atoms with Crippen molar-refractivity contribution < 1.29 is 26.3 Å². The molecule has 134 valence electrons. The molecule has 1 fully saturated rings. The second-order valence-electron chi connectivity index (χ2n) is 5.37. The van der Waals surface area contributed by atoms with Gasteiger partial charge in [0.05, 0.1) is 18.0 Å². The van der Waals surface area contributed by atoms with Crippen LogP contribution in [0, 0.1) is 0 Å². The molecule has 3 rings (SSSR count). The van der Waals surface area contributed by atoms with Gasteiger partial charge >= 0.3 is 6.18 Å². The molecule has 5 nitrogen and oxygen atoms in total. The minimum Gasteiger partial charge on any atom is -0.471 e. The Balaban J connectivity index is 1.70. The Bertz CT molecular complexity index is 884. The zero-order chi connectivity index (χ0) is 18.2. The summed E-state index contributed by atoms with van der Waals surface area (Å²) < 4.78 is 69.9. The van der Waals surface area contributed by atoms with Crippen molar-refractivity contribution in [2.75, 3.05) is 13.1 Å². The van der Waals surface area contributed by atoms with E-state index in [1.165, 1.54) is 24.4 Å². The average molecular weight is 393 g/mol. The monoisotopic (exact) mass is 392 g/mol. The standard InChI is InChI=1S/C15H12ClF3N2O3S/c16-10-3-1-4-12(7-10)25(22,23)21-8-11(9-21)24-14-13(15(17,18)19)5-2-6-20-14/h1-7,11H,8-9H2. The van der Waals surface area contributed by atoms with Gasteiger partial charge in [-0.05, 0) is 30.3 Å². The number of aromatic nitrogens is 1. The predicted octanol–water partition coefficient (Wildman–Crippen LogP) is 3.21. The van der Waals surface area contributed by atoms with E-state index in [9.17, 15) is 21.6 Å². The van der Waals surface area contributed by atoms with E-state index in [4.69, 9.17) is 16.3 Å². The number of benzene rings is 1. The van der Waals surface area contributed by atoms with E-state index in [0.717, 1.165) is 16.4 Å². The van der Waals surface area contributed by atoms with Crippen LogP contribution in [0.25, 0.3) is 0 Å². The van der Waals surface area contributed by atoms with Gasteiger partial charge in [-0.2, -0.15) is 17.5 Å². The van der Waals surface area contributed by atoms with Crippen LogP contribution in [0.5, 0.6) is 5.88 Å². The zero-order valence-electron chi connectivity index (χ0n) is 12.6. The van der Waals surface area contributed by atoms with E-state index in [1.54, 1.807) is 6.07 Å². The molecule has 0 aliphatic carbocycles. The van der Waals surface area contributed by atoms with Crippen LogP contribution in [0.4, 0.5) is 13.2 Å². The summed E-state index contributed by atoms with van der Waals surface area (Å²) in [5, 5.41) is 0.276. The number of nitrogens with zero attached hydrogens (tertiary/aromatic N) is 2. The summed E-state index contributed by atoms with van der Waals surface area (Å²) in [5.41, 5.74) is -0.994. The third-order valence-electron chi connectivity index (χ3n) is 3.60. The first kappa shape index (κ1) is 18.0. The molecule has 1 aliphatic heterocycles. The minimum absolute atomic E-state index is 0.0206. The molecule has 1 saturated heterocycles. The van der Waals surface area contributed by atoms with Crippen molar-refractivity contribution in [3.8, 4) is 5.88 Å². The molecule has 1 aromatic carbocycles. The first-order valence-electron chi connectivity index (χ1n) is 7.12. The van der Waals surface area contributed by atoms with Crippen LogP contribution in [0.3, 0.4) is 0 Å². The molecule has 1 aliphatic rings. The van der Waals surface area contributed by atoms with Crippen LogP contribution in [0.1, 0.15) is 5.56 Å². The highest BCUT2D eigenvalue weighted by atomic mass is 35.5. The summed E-state index contributed by atoms with van der Waals surface area (Å²) in [5.74, 6) is -0.556. The Labute approximate surface area is 147 Å². The van der Waals surface area contributed by atoms with Gasteiger partial charge in [0.2, 0.25) is 15.9 Å². The SMILES string of the molecule is O=S(=O)(c1cccc(Cl)c1)N1CC(Oc2ncccc2C(F)(F)F)C1. The topological polar surface area (TPSA) is 59.5 Å². The van der Waals surface area contributed by atoms with Crippen molar-refractivity contribution >= 4 is 21.6 Å². The molecule has 2 aromatic rings. The average Bonchev–Trinajstić information content (AvgIpc) is 2.49. The Kier molecular flexibility index (Phi) is 4.65. The van der Waals surface area contributed by atoms with Gasteiger partial charge < -0.3 is 4.74 Å². The van der Waals surface area contributed by atoms with Crippen LogP contribution in [0.2, 0.25) is 5.02 Å². The van der Waals surface area contributed by atoms with Gasteiger partial charge in [0.1, 0.15) is 11.7 Å². The van der Waals surface area contributed by atoms with Crippen molar-refractivity contribution in [3.63, 3.8) is 0 Å². The number of pyridine rings is 1. The molecule has 0 unspecified atom stereocenters. The molecule has 0 radical (unpaired) electrons.